The number of aryl methyl sites for hydroxylation is 1. The van der Waals surface area contributed by atoms with Gasteiger partial charge in [0.2, 0.25) is 0 Å². The van der Waals surface area contributed by atoms with Crippen LogP contribution in [-0.4, -0.2) is 38.9 Å². The number of benzene rings is 1. The first-order valence-corrected chi connectivity index (χ1v) is 7.08. The van der Waals surface area contributed by atoms with Gasteiger partial charge in [-0.25, -0.2) is 0 Å². The van der Waals surface area contributed by atoms with Crippen molar-refractivity contribution in [3.63, 3.8) is 0 Å². The molecule has 2 N–H and O–H groups in total. The van der Waals surface area contributed by atoms with Crippen molar-refractivity contribution >= 4 is 15.9 Å². The summed E-state index contributed by atoms with van der Waals surface area (Å²) in [4.78, 5) is 0. The third-order valence-corrected chi connectivity index (χ3v) is 4.32. The highest BCUT2D eigenvalue weighted by molar-refractivity contribution is 7.90. The number of nitrogens with zero attached hydrogens (tertiary/aromatic N) is 1. The van der Waals surface area contributed by atoms with Gasteiger partial charge >= 0.3 is 10.2 Å². The van der Waals surface area contributed by atoms with Crippen LogP contribution in [0.25, 0.3) is 0 Å². The van der Waals surface area contributed by atoms with Gasteiger partial charge in [-0.1, -0.05) is 18.2 Å². The van der Waals surface area contributed by atoms with Crippen molar-refractivity contribution < 1.29 is 8.42 Å². The van der Waals surface area contributed by atoms with Crippen molar-refractivity contribution in [2.75, 3.05) is 30.9 Å². The molecule has 2 rings (SSSR count). The number of para-hydroxylation sites is 1. The highest BCUT2D eigenvalue weighted by Crippen LogP contribution is 2.16. The maximum Gasteiger partial charge on any atom is 0.301 e. The van der Waals surface area contributed by atoms with E-state index in [1.54, 1.807) is 6.07 Å². The van der Waals surface area contributed by atoms with Gasteiger partial charge in [-0.3, -0.25) is 4.72 Å². The molecule has 0 amide bonds. The average Bonchev–Trinajstić information content (AvgIpc) is 2.33. The Morgan fingerprint density at radius 2 is 1.88 bits per heavy atom. The largest absolute Gasteiger partial charge is 0.314 e. The lowest BCUT2D eigenvalue weighted by Crippen LogP contribution is -2.48. The first-order valence-electron chi connectivity index (χ1n) is 5.64. The molecule has 0 radical (unpaired) electrons. The Labute approximate surface area is 102 Å². The zero-order valence-corrected chi connectivity index (χ0v) is 10.6. The lowest BCUT2D eigenvalue weighted by Gasteiger charge is -2.27. The quantitative estimate of drug-likeness (QED) is 0.829. The fourth-order valence-corrected chi connectivity index (χ4v) is 3.07. The van der Waals surface area contributed by atoms with E-state index in [0.29, 0.717) is 31.9 Å². The summed E-state index contributed by atoms with van der Waals surface area (Å²) >= 11 is 0. The summed E-state index contributed by atoms with van der Waals surface area (Å²) in [6.45, 7) is 4.32. The van der Waals surface area contributed by atoms with E-state index >= 15 is 0 Å². The monoisotopic (exact) mass is 255 g/mol. The summed E-state index contributed by atoms with van der Waals surface area (Å²) in [5.74, 6) is 0. The van der Waals surface area contributed by atoms with Crippen LogP contribution in [0.3, 0.4) is 0 Å². The number of piperazine rings is 1. The predicted molar refractivity (Wildman–Crippen MR) is 68.2 cm³/mol. The maximum absolute atomic E-state index is 12.1. The van der Waals surface area contributed by atoms with E-state index in [1.165, 1.54) is 4.31 Å². The number of anilines is 1. The van der Waals surface area contributed by atoms with Crippen LogP contribution in [0.1, 0.15) is 5.56 Å². The fourth-order valence-electron chi connectivity index (χ4n) is 1.78. The molecule has 0 bridgehead atoms. The topological polar surface area (TPSA) is 61.4 Å². The van der Waals surface area contributed by atoms with Crippen LogP contribution >= 0.6 is 0 Å². The molecule has 0 aromatic heterocycles. The second-order valence-corrected chi connectivity index (χ2v) is 5.74. The second kappa shape index (κ2) is 5.03. The standard InChI is InChI=1S/C11H17N3O2S/c1-10-4-2-3-5-11(10)13-17(15,16)14-8-6-12-7-9-14/h2-5,12-13H,6-9H2,1H3. The third kappa shape index (κ3) is 2.96. The van der Waals surface area contributed by atoms with E-state index < -0.39 is 10.2 Å². The molecule has 0 saturated carbocycles. The van der Waals surface area contributed by atoms with Gasteiger partial charge in [0.25, 0.3) is 0 Å². The molecule has 6 heteroatoms. The van der Waals surface area contributed by atoms with E-state index in [0.717, 1.165) is 5.56 Å². The molecule has 1 aromatic rings. The molecule has 17 heavy (non-hydrogen) atoms. The molecule has 0 spiro atoms. The molecular weight excluding hydrogens is 238 g/mol. The van der Waals surface area contributed by atoms with E-state index in [-0.39, 0.29) is 0 Å². The van der Waals surface area contributed by atoms with Crippen LogP contribution < -0.4 is 10.0 Å². The Hall–Kier alpha value is -1.11. The normalized spacial score (nSPS) is 17.9. The van der Waals surface area contributed by atoms with Gasteiger partial charge < -0.3 is 5.32 Å². The summed E-state index contributed by atoms with van der Waals surface area (Å²) in [5, 5.41) is 3.13. The molecule has 5 nitrogen and oxygen atoms in total. The zero-order chi connectivity index (χ0) is 12.3. The van der Waals surface area contributed by atoms with Gasteiger partial charge in [0.1, 0.15) is 0 Å². The Morgan fingerprint density at radius 1 is 1.24 bits per heavy atom. The predicted octanol–water partition coefficient (Wildman–Crippen LogP) is 0.557. The Kier molecular flexibility index (Phi) is 3.66. The van der Waals surface area contributed by atoms with E-state index in [2.05, 4.69) is 10.0 Å². The van der Waals surface area contributed by atoms with Crippen molar-refractivity contribution in [3.05, 3.63) is 29.8 Å². The lowest BCUT2D eigenvalue weighted by molar-refractivity contribution is 0.362. The van der Waals surface area contributed by atoms with Crippen molar-refractivity contribution in [2.24, 2.45) is 0 Å². The van der Waals surface area contributed by atoms with E-state index in [4.69, 9.17) is 0 Å². The van der Waals surface area contributed by atoms with Gasteiger partial charge in [-0.15, -0.1) is 0 Å². The minimum Gasteiger partial charge on any atom is -0.314 e. The van der Waals surface area contributed by atoms with Crippen LogP contribution in [0.5, 0.6) is 0 Å². The summed E-state index contributed by atoms with van der Waals surface area (Å²) in [6.07, 6.45) is 0. The molecule has 1 saturated heterocycles. The van der Waals surface area contributed by atoms with E-state index in [9.17, 15) is 8.42 Å². The number of nitrogens with one attached hydrogen (secondary N) is 2. The SMILES string of the molecule is Cc1ccccc1NS(=O)(=O)N1CCNCC1. The highest BCUT2D eigenvalue weighted by atomic mass is 32.2. The summed E-state index contributed by atoms with van der Waals surface area (Å²) in [7, 11) is -3.42. The van der Waals surface area contributed by atoms with Gasteiger partial charge in [0, 0.05) is 26.2 Å². The summed E-state index contributed by atoms with van der Waals surface area (Å²) in [6, 6.07) is 7.37. The maximum atomic E-state index is 12.1. The Bertz CT molecular complexity index is 481. The van der Waals surface area contributed by atoms with Gasteiger partial charge in [0.15, 0.2) is 0 Å². The highest BCUT2D eigenvalue weighted by Gasteiger charge is 2.23. The van der Waals surface area contributed by atoms with E-state index in [1.807, 2.05) is 25.1 Å². The lowest BCUT2D eigenvalue weighted by atomic mass is 10.2. The molecule has 1 fully saturated rings. The minimum atomic E-state index is -3.42. The Morgan fingerprint density at radius 3 is 2.53 bits per heavy atom. The molecule has 1 aromatic carbocycles. The van der Waals surface area contributed by atoms with Gasteiger partial charge in [-0.05, 0) is 18.6 Å². The molecular formula is C11H17N3O2S. The fraction of sp³-hybridized carbons (Fsp3) is 0.455. The third-order valence-electron chi connectivity index (χ3n) is 2.80. The zero-order valence-electron chi connectivity index (χ0n) is 9.81. The number of hydrogen-bond acceptors (Lipinski definition) is 3. The molecule has 1 aliphatic rings. The molecule has 1 aliphatic heterocycles. The summed E-state index contributed by atoms with van der Waals surface area (Å²) < 4.78 is 28.3. The van der Waals surface area contributed by atoms with Crippen molar-refractivity contribution in [2.45, 2.75) is 6.92 Å². The first kappa shape index (κ1) is 12.3. The van der Waals surface area contributed by atoms with Crippen LogP contribution in [0.15, 0.2) is 24.3 Å². The smallest absolute Gasteiger partial charge is 0.301 e. The molecule has 0 unspecified atom stereocenters. The second-order valence-electron chi connectivity index (χ2n) is 4.07. The summed E-state index contributed by atoms with van der Waals surface area (Å²) in [5.41, 5.74) is 1.57. The molecule has 0 atom stereocenters. The Balaban J connectivity index is 2.14. The first-order chi connectivity index (χ1) is 8.09. The van der Waals surface area contributed by atoms with Gasteiger partial charge in [0.05, 0.1) is 5.69 Å². The van der Waals surface area contributed by atoms with Crippen LogP contribution in [-0.2, 0) is 10.2 Å². The molecule has 94 valence electrons. The van der Waals surface area contributed by atoms with Gasteiger partial charge in [-0.2, -0.15) is 12.7 Å². The van der Waals surface area contributed by atoms with Crippen molar-refractivity contribution in [1.29, 1.82) is 0 Å². The number of rotatable bonds is 3. The van der Waals surface area contributed by atoms with Crippen LogP contribution in [0.4, 0.5) is 5.69 Å². The van der Waals surface area contributed by atoms with Crippen molar-refractivity contribution in [3.8, 4) is 0 Å². The number of hydrogen-bond donors (Lipinski definition) is 2. The van der Waals surface area contributed by atoms with Crippen molar-refractivity contribution in [1.82, 2.24) is 9.62 Å². The molecule has 0 aliphatic carbocycles. The minimum absolute atomic E-state index is 0.515. The molecule has 1 heterocycles. The van der Waals surface area contributed by atoms with Crippen LogP contribution in [0.2, 0.25) is 0 Å². The van der Waals surface area contributed by atoms with Crippen LogP contribution in [0, 0.1) is 6.92 Å². The average molecular weight is 255 g/mol.